The van der Waals surface area contributed by atoms with Gasteiger partial charge in [0.2, 0.25) is 0 Å². The van der Waals surface area contributed by atoms with E-state index < -0.39 is 0 Å². The summed E-state index contributed by atoms with van der Waals surface area (Å²) in [5, 5.41) is 7.07. The summed E-state index contributed by atoms with van der Waals surface area (Å²) in [4.78, 5) is 14.2. The minimum atomic E-state index is 0.752. The number of aliphatic imine (C=N–C) groups is 1. The number of guanidine groups is 1. The molecule has 0 saturated carbocycles. The van der Waals surface area contributed by atoms with E-state index in [-0.39, 0.29) is 0 Å². The van der Waals surface area contributed by atoms with Gasteiger partial charge in [-0.15, -0.1) is 11.3 Å². The molecule has 1 unspecified atom stereocenters. The maximum atomic E-state index is 4.61. The zero-order chi connectivity index (χ0) is 19.9. The molecule has 3 heterocycles. The van der Waals surface area contributed by atoms with Crippen LogP contribution in [0.2, 0.25) is 0 Å². The van der Waals surface area contributed by atoms with Crippen molar-refractivity contribution >= 4 is 17.3 Å². The molecule has 1 N–H and O–H groups in total. The van der Waals surface area contributed by atoms with Crippen LogP contribution < -0.4 is 5.32 Å². The maximum absolute atomic E-state index is 4.61. The van der Waals surface area contributed by atoms with E-state index in [0.29, 0.717) is 0 Å². The Morgan fingerprint density at radius 1 is 1.25 bits per heavy atom. The van der Waals surface area contributed by atoms with E-state index in [1.807, 2.05) is 7.05 Å². The smallest absolute Gasteiger partial charge is 0.193 e. The number of aromatic nitrogens is 1. The van der Waals surface area contributed by atoms with Crippen LogP contribution in [-0.4, -0.2) is 60.5 Å². The number of thiazole rings is 1. The number of aryl methyl sites for hydroxylation is 1. The average Bonchev–Trinajstić information content (AvgIpc) is 3.34. The molecule has 3 rings (SSSR count). The van der Waals surface area contributed by atoms with Gasteiger partial charge in [0.1, 0.15) is 0 Å². The Kier molecular flexibility index (Phi) is 8.15. The normalized spacial score (nSPS) is 22.4. The monoisotopic (exact) mass is 405 g/mol. The molecular formula is C22H39N5S. The van der Waals surface area contributed by atoms with Gasteiger partial charge in [-0.3, -0.25) is 9.89 Å². The third-order valence-electron chi connectivity index (χ3n) is 6.76. The molecule has 1 aromatic rings. The van der Waals surface area contributed by atoms with Gasteiger partial charge < -0.3 is 10.2 Å². The number of nitrogens with one attached hydrogen (secondary N) is 1. The minimum Gasteiger partial charge on any atom is -0.356 e. The minimum absolute atomic E-state index is 0.752. The SMILES string of the molecule is CCC(CC)C1CCN(C(=NC)NCC2CCN(Cc3csc(C)n3)CC2)C1. The molecule has 5 nitrogen and oxygen atoms in total. The van der Waals surface area contributed by atoms with E-state index in [4.69, 9.17) is 0 Å². The Bertz CT molecular complexity index is 616. The van der Waals surface area contributed by atoms with Gasteiger partial charge in [-0.25, -0.2) is 4.98 Å². The number of hydrogen-bond acceptors (Lipinski definition) is 4. The number of piperidine rings is 1. The molecule has 158 valence electrons. The molecule has 1 aromatic heterocycles. The molecule has 2 aliphatic heterocycles. The lowest BCUT2D eigenvalue weighted by Gasteiger charge is -2.32. The maximum Gasteiger partial charge on any atom is 0.193 e. The van der Waals surface area contributed by atoms with Gasteiger partial charge in [-0.05, 0) is 57.0 Å². The van der Waals surface area contributed by atoms with E-state index in [2.05, 4.69) is 51.2 Å². The van der Waals surface area contributed by atoms with Gasteiger partial charge in [0.25, 0.3) is 0 Å². The van der Waals surface area contributed by atoms with Crippen LogP contribution in [0.1, 0.15) is 56.7 Å². The van der Waals surface area contributed by atoms with Crippen molar-refractivity contribution in [3.63, 3.8) is 0 Å². The third kappa shape index (κ3) is 5.69. The second-order valence-corrected chi connectivity index (χ2v) is 9.64. The molecule has 2 saturated heterocycles. The van der Waals surface area contributed by atoms with Crippen molar-refractivity contribution < 1.29 is 0 Å². The van der Waals surface area contributed by atoms with Gasteiger partial charge >= 0.3 is 0 Å². The summed E-state index contributed by atoms with van der Waals surface area (Å²) in [6.07, 6.45) is 6.47. The van der Waals surface area contributed by atoms with Crippen LogP contribution in [0.4, 0.5) is 0 Å². The first-order valence-corrected chi connectivity index (χ1v) is 12.1. The van der Waals surface area contributed by atoms with E-state index in [1.165, 1.54) is 62.4 Å². The summed E-state index contributed by atoms with van der Waals surface area (Å²) < 4.78 is 0. The first-order chi connectivity index (χ1) is 13.6. The highest BCUT2D eigenvalue weighted by Crippen LogP contribution is 2.28. The van der Waals surface area contributed by atoms with Crippen LogP contribution in [0.15, 0.2) is 10.4 Å². The van der Waals surface area contributed by atoms with Crippen molar-refractivity contribution in [3.8, 4) is 0 Å². The fraction of sp³-hybridized carbons (Fsp3) is 0.818. The van der Waals surface area contributed by atoms with Crippen LogP contribution in [0.25, 0.3) is 0 Å². The molecule has 0 spiro atoms. The Morgan fingerprint density at radius 2 is 2.00 bits per heavy atom. The van der Waals surface area contributed by atoms with Crippen LogP contribution in [-0.2, 0) is 6.54 Å². The summed E-state index contributed by atoms with van der Waals surface area (Å²) in [6, 6.07) is 0. The molecule has 0 amide bonds. The second kappa shape index (κ2) is 10.6. The predicted octanol–water partition coefficient (Wildman–Crippen LogP) is 4.00. The van der Waals surface area contributed by atoms with Crippen LogP contribution in [0, 0.1) is 24.7 Å². The van der Waals surface area contributed by atoms with Crippen molar-refractivity contribution in [1.82, 2.24) is 20.1 Å². The lowest BCUT2D eigenvalue weighted by atomic mass is 9.87. The Labute approximate surface area is 175 Å². The average molecular weight is 406 g/mol. The predicted molar refractivity (Wildman–Crippen MR) is 120 cm³/mol. The topological polar surface area (TPSA) is 43.8 Å². The zero-order valence-electron chi connectivity index (χ0n) is 18.3. The van der Waals surface area contributed by atoms with E-state index in [0.717, 1.165) is 43.3 Å². The van der Waals surface area contributed by atoms with Gasteiger partial charge in [-0.2, -0.15) is 0 Å². The van der Waals surface area contributed by atoms with Crippen molar-refractivity contribution in [1.29, 1.82) is 0 Å². The molecule has 0 aromatic carbocycles. The van der Waals surface area contributed by atoms with Crippen molar-refractivity contribution in [2.75, 3.05) is 39.8 Å². The van der Waals surface area contributed by atoms with Crippen molar-refractivity contribution in [2.24, 2.45) is 22.7 Å². The highest BCUT2D eigenvalue weighted by atomic mass is 32.1. The van der Waals surface area contributed by atoms with Gasteiger partial charge in [0, 0.05) is 38.6 Å². The van der Waals surface area contributed by atoms with Crippen LogP contribution in [0.3, 0.4) is 0 Å². The lowest BCUT2D eigenvalue weighted by molar-refractivity contribution is 0.176. The number of nitrogens with zero attached hydrogens (tertiary/aromatic N) is 4. The molecule has 6 heteroatoms. The third-order valence-corrected chi connectivity index (χ3v) is 7.58. The molecule has 1 atom stereocenters. The van der Waals surface area contributed by atoms with Crippen LogP contribution in [0.5, 0.6) is 0 Å². The number of hydrogen-bond donors (Lipinski definition) is 1. The zero-order valence-corrected chi connectivity index (χ0v) is 19.1. The standard InChI is InChI=1S/C22H39N5S/c1-5-19(6-2)20-9-12-27(14-20)22(23-4)24-13-18-7-10-26(11-8-18)15-21-16-28-17(3)25-21/h16,18-20H,5-15H2,1-4H3,(H,23,24). The highest BCUT2D eigenvalue weighted by Gasteiger charge is 2.29. The molecule has 2 fully saturated rings. The summed E-state index contributed by atoms with van der Waals surface area (Å²) in [5.41, 5.74) is 1.24. The largest absolute Gasteiger partial charge is 0.356 e. The van der Waals surface area contributed by atoms with Crippen LogP contribution >= 0.6 is 11.3 Å². The number of likely N-dealkylation sites (tertiary alicyclic amines) is 2. The van der Waals surface area contributed by atoms with E-state index in [1.54, 1.807) is 11.3 Å². The second-order valence-electron chi connectivity index (χ2n) is 8.58. The molecular weight excluding hydrogens is 366 g/mol. The first-order valence-electron chi connectivity index (χ1n) is 11.2. The van der Waals surface area contributed by atoms with E-state index >= 15 is 0 Å². The van der Waals surface area contributed by atoms with Crippen molar-refractivity contribution in [2.45, 2.75) is 59.4 Å². The Morgan fingerprint density at radius 3 is 2.61 bits per heavy atom. The quantitative estimate of drug-likeness (QED) is 0.550. The summed E-state index contributed by atoms with van der Waals surface area (Å²) >= 11 is 1.76. The fourth-order valence-electron chi connectivity index (χ4n) is 4.95. The summed E-state index contributed by atoms with van der Waals surface area (Å²) in [7, 11) is 1.94. The molecule has 28 heavy (non-hydrogen) atoms. The lowest BCUT2D eigenvalue weighted by Crippen LogP contribution is -2.44. The molecule has 2 aliphatic rings. The highest BCUT2D eigenvalue weighted by molar-refractivity contribution is 7.09. The van der Waals surface area contributed by atoms with Gasteiger partial charge in [-0.1, -0.05) is 26.7 Å². The fourth-order valence-corrected chi connectivity index (χ4v) is 5.55. The molecule has 0 bridgehead atoms. The van der Waals surface area contributed by atoms with Gasteiger partial charge in [0.15, 0.2) is 5.96 Å². The Balaban J connectivity index is 1.39. The molecule has 0 aliphatic carbocycles. The van der Waals surface area contributed by atoms with Crippen molar-refractivity contribution in [3.05, 3.63) is 16.1 Å². The molecule has 0 radical (unpaired) electrons. The summed E-state index contributed by atoms with van der Waals surface area (Å²) in [5.74, 6) is 3.58. The first kappa shape index (κ1) is 21.6. The number of rotatable bonds is 7. The summed E-state index contributed by atoms with van der Waals surface area (Å²) in [6.45, 7) is 13.5. The Hall–Kier alpha value is -1.14. The van der Waals surface area contributed by atoms with Gasteiger partial charge in [0.05, 0.1) is 10.7 Å². The van der Waals surface area contributed by atoms with E-state index in [9.17, 15) is 0 Å².